The first-order valence-corrected chi connectivity index (χ1v) is 14.9. The highest BCUT2D eigenvalue weighted by atomic mass is 19.4. The number of alkyl halides is 3. The van der Waals surface area contributed by atoms with E-state index in [2.05, 4.69) is 30.2 Å². The van der Waals surface area contributed by atoms with Gasteiger partial charge in [0.1, 0.15) is 12.5 Å². The van der Waals surface area contributed by atoms with Crippen LogP contribution in [0.3, 0.4) is 0 Å². The Labute approximate surface area is 262 Å². The first-order chi connectivity index (χ1) is 20.8. The number of rotatable bonds is 12. The molecule has 0 spiro atoms. The summed E-state index contributed by atoms with van der Waals surface area (Å²) in [6, 6.07) is -0.224. The van der Waals surface area contributed by atoms with Crippen molar-refractivity contribution >= 4 is 12.7 Å². The number of hydrogen-bond donors (Lipinski definition) is 1. The van der Waals surface area contributed by atoms with Crippen LogP contribution in [0, 0.1) is 6.92 Å². The molecular weight excluding hydrogens is 567 g/mol. The zero-order valence-corrected chi connectivity index (χ0v) is 27.9. The van der Waals surface area contributed by atoms with E-state index in [4.69, 9.17) is 9.53 Å². The number of hydrogen-bond acceptors (Lipinski definition) is 4. The number of nitrogens with one attached hydrogen (secondary N) is 1. The van der Waals surface area contributed by atoms with Crippen LogP contribution in [0.1, 0.15) is 103 Å². The number of carbonyl (C=O) groups is 2. The molecule has 2 rings (SSSR count). The van der Waals surface area contributed by atoms with Gasteiger partial charge in [0.15, 0.2) is 5.69 Å². The number of aromatic nitrogens is 2. The molecule has 1 fully saturated rings. The minimum absolute atomic E-state index is 0.0459. The first-order valence-electron chi connectivity index (χ1n) is 14.9. The van der Waals surface area contributed by atoms with E-state index in [-0.39, 0.29) is 24.2 Å². The van der Waals surface area contributed by atoms with Gasteiger partial charge >= 0.3 is 6.18 Å². The SMILES string of the molecule is C=C(/C=C\C(=C/C)CC)CNC(=O)c1nn(C(C)CC)c(OC(=C)/C(=C\C=C/C)C(F)(F)F)c1C.C=C1CCC1.C=O.CC. The van der Waals surface area contributed by atoms with Crippen molar-refractivity contribution in [3.05, 3.63) is 95.5 Å². The Bertz CT molecular complexity index is 1200. The molecule has 1 aromatic heterocycles. The van der Waals surface area contributed by atoms with Gasteiger partial charge in [0, 0.05) is 12.1 Å². The van der Waals surface area contributed by atoms with Crippen molar-refractivity contribution < 1.29 is 27.5 Å². The molecule has 246 valence electrons. The molecule has 0 bridgehead atoms. The van der Waals surface area contributed by atoms with Crippen LogP contribution in [0.2, 0.25) is 0 Å². The standard InChI is InChI=1S/C27H36F3N3O2.C5H8.C2H6.CH2O/c1-9-13-14-23(27(28,29)30)21(8)35-26-20(7)24(32-33(26)19(6)10-2)25(34)31-17-18(5)15-16-22(11-3)12-4;1-5-3-2-4-5;2*1-2/h9,11,13-16,19H,5,8,10,12,17H2,1-4,6-7H3,(H,31,34);1-4H2;1-2H3;1H2/b13-9-,16-15-,22-11-,23-14+;;;. The molecular formula is C35H52F3N3O3. The third-order valence-corrected chi connectivity index (χ3v) is 6.45. The van der Waals surface area contributed by atoms with Gasteiger partial charge in [-0.05, 0) is 71.4 Å². The minimum atomic E-state index is -4.66. The molecule has 6 nitrogen and oxygen atoms in total. The molecule has 1 saturated carbocycles. The van der Waals surface area contributed by atoms with Crippen LogP contribution < -0.4 is 10.1 Å². The van der Waals surface area contributed by atoms with Crippen LogP contribution in [-0.4, -0.2) is 35.2 Å². The van der Waals surface area contributed by atoms with Crippen LogP contribution in [0.25, 0.3) is 0 Å². The lowest BCUT2D eigenvalue weighted by Gasteiger charge is -2.18. The Morgan fingerprint density at radius 3 is 2.11 bits per heavy atom. The maximum absolute atomic E-state index is 13.5. The maximum atomic E-state index is 13.5. The highest BCUT2D eigenvalue weighted by molar-refractivity contribution is 5.94. The van der Waals surface area contributed by atoms with E-state index >= 15 is 0 Å². The summed E-state index contributed by atoms with van der Waals surface area (Å²) < 4.78 is 47.7. The highest BCUT2D eigenvalue weighted by Crippen LogP contribution is 2.35. The molecule has 1 atom stereocenters. The molecule has 0 aromatic carbocycles. The van der Waals surface area contributed by atoms with Gasteiger partial charge in [0.05, 0.1) is 11.6 Å². The Morgan fingerprint density at radius 2 is 1.70 bits per heavy atom. The molecule has 1 N–H and O–H groups in total. The van der Waals surface area contributed by atoms with Gasteiger partial charge < -0.3 is 14.8 Å². The van der Waals surface area contributed by atoms with Crippen molar-refractivity contribution in [3.8, 4) is 5.88 Å². The number of halogens is 3. The molecule has 1 heterocycles. The summed E-state index contributed by atoms with van der Waals surface area (Å²) in [5.74, 6) is -1.01. The lowest BCUT2D eigenvalue weighted by Crippen LogP contribution is -2.26. The Hall–Kier alpha value is -3.88. The Balaban J connectivity index is 0. The normalized spacial score (nSPS) is 13.8. The summed E-state index contributed by atoms with van der Waals surface area (Å²) >= 11 is 0. The predicted molar refractivity (Wildman–Crippen MR) is 177 cm³/mol. The lowest BCUT2D eigenvalue weighted by molar-refractivity contribution is -0.0981. The molecule has 0 saturated heterocycles. The van der Waals surface area contributed by atoms with Gasteiger partial charge in [0.2, 0.25) is 5.88 Å². The van der Waals surface area contributed by atoms with Crippen LogP contribution in [0.15, 0.2) is 84.2 Å². The van der Waals surface area contributed by atoms with Gasteiger partial charge in [-0.1, -0.05) is 89.0 Å². The fraction of sp³-hybridized carbons (Fsp3) is 0.457. The van der Waals surface area contributed by atoms with Crippen molar-refractivity contribution in [1.82, 2.24) is 15.1 Å². The van der Waals surface area contributed by atoms with Gasteiger partial charge in [-0.2, -0.15) is 18.3 Å². The second-order valence-corrected chi connectivity index (χ2v) is 9.60. The number of amides is 1. The molecule has 0 radical (unpaired) electrons. The topological polar surface area (TPSA) is 73.2 Å². The molecule has 9 heteroatoms. The quantitative estimate of drug-likeness (QED) is 0.144. The minimum Gasteiger partial charge on any atom is -0.439 e. The van der Waals surface area contributed by atoms with E-state index in [0.717, 1.165) is 18.1 Å². The molecule has 1 aliphatic rings. The van der Waals surface area contributed by atoms with E-state index in [1.807, 2.05) is 66.6 Å². The summed E-state index contributed by atoms with van der Waals surface area (Å²) in [5.41, 5.74) is 2.64. The Morgan fingerprint density at radius 1 is 1.14 bits per heavy atom. The van der Waals surface area contributed by atoms with Crippen LogP contribution >= 0.6 is 0 Å². The second kappa shape index (κ2) is 22.6. The fourth-order valence-electron chi connectivity index (χ4n) is 3.43. The molecule has 0 aliphatic heterocycles. The predicted octanol–water partition coefficient (Wildman–Crippen LogP) is 9.89. The molecule has 44 heavy (non-hydrogen) atoms. The summed E-state index contributed by atoms with van der Waals surface area (Å²) in [6.07, 6.45) is 10.2. The van der Waals surface area contributed by atoms with Gasteiger partial charge in [-0.15, -0.1) is 0 Å². The lowest BCUT2D eigenvalue weighted by atomic mass is 9.95. The first kappa shape index (κ1) is 42.3. The highest BCUT2D eigenvalue weighted by Gasteiger charge is 2.37. The van der Waals surface area contributed by atoms with E-state index in [0.29, 0.717) is 17.6 Å². The van der Waals surface area contributed by atoms with E-state index in [1.54, 1.807) is 13.8 Å². The van der Waals surface area contributed by atoms with Gasteiger partial charge in [-0.25, -0.2) is 4.68 Å². The van der Waals surface area contributed by atoms with Gasteiger partial charge in [0.25, 0.3) is 5.91 Å². The smallest absolute Gasteiger partial charge is 0.419 e. The number of nitrogens with zero attached hydrogens (tertiary/aromatic N) is 2. The zero-order valence-electron chi connectivity index (χ0n) is 27.9. The molecule has 1 unspecified atom stereocenters. The van der Waals surface area contributed by atoms with Crippen LogP contribution in [0.4, 0.5) is 13.2 Å². The molecule has 1 aliphatic carbocycles. The average molecular weight is 620 g/mol. The molecule has 1 amide bonds. The zero-order chi connectivity index (χ0) is 34.5. The van der Waals surface area contributed by atoms with Crippen molar-refractivity contribution in [2.45, 2.75) is 99.7 Å². The monoisotopic (exact) mass is 619 g/mol. The van der Waals surface area contributed by atoms with Crippen molar-refractivity contribution in [1.29, 1.82) is 0 Å². The van der Waals surface area contributed by atoms with E-state index in [1.165, 1.54) is 41.7 Å². The van der Waals surface area contributed by atoms with Crippen molar-refractivity contribution in [3.63, 3.8) is 0 Å². The van der Waals surface area contributed by atoms with Crippen molar-refractivity contribution in [2.75, 3.05) is 6.54 Å². The van der Waals surface area contributed by atoms with E-state index < -0.39 is 23.4 Å². The number of allylic oxidation sites excluding steroid dienone is 8. The number of ether oxygens (including phenoxy) is 1. The Kier molecular flexibility index (Phi) is 21.7. The summed E-state index contributed by atoms with van der Waals surface area (Å²) in [6.45, 7) is 28.3. The largest absolute Gasteiger partial charge is 0.439 e. The average Bonchev–Trinajstić information content (AvgIpc) is 3.32. The summed E-state index contributed by atoms with van der Waals surface area (Å²) in [7, 11) is 0. The number of carbonyl (C=O) groups excluding carboxylic acids is 2. The second-order valence-electron chi connectivity index (χ2n) is 9.60. The van der Waals surface area contributed by atoms with Crippen LogP contribution in [0.5, 0.6) is 5.88 Å². The maximum Gasteiger partial charge on any atom is 0.419 e. The van der Waals surface area contributed by atoms with Crippen molar-refractivity contribution in [2.24, 2.45) is 0 Å². The van der Waals surface area contributed by atoms with Crippen LogP contribution in [-0.2, 0) is 4.79 Å². The van der Waals surface area contributed by atoms with E-state index in [9.17, 15) is 18.0 Å². The van der Waals surface area contributed by atoms with Gasteiger partial charge in [-0.3, -0.25) is 4.79 Å². The summed E-state index contributed by atoms with van der Waals surface area (Å²) in [5, 5.41) is 7.12. The third-order valence-electron chi connectivity index (χ3n) is 6.45. The fourth-order valence-corrected chi connectivity index (χ4v) is 3.43. The third kappa shape index (κ3) is 14.5. The molecule has 1 aromatic rings. The summed E-state index contributed by atoms with van der Waals surface area (Å²) in [4.78, 5) is 20.9.